The normalized spacial score (nSPS) is 11.2. The van der Waals surface area contributed by atoms with Gasteiger partial charge in [0.25, 0.3) is 0 Å². The Morgan fingerprint density at radius 1 is 1.17 bits per heavy atom. The van der Waals surface area contributed by atoms with E-state index < -0.39 is 0 Å². The molecule has 0 aliphatic carbocycles. The highest BCUT2D eigenvalue weighted by Crippen LogP contribution is 2.18. The Balaban J connectivity index is 1.91. The van der Waals surface area contributed by atoms with E-state index in [0.29, 0.717) is 6.54 Å². The molecule has 3 aromatic heterocycles. The van der Waals surface area contributed by atoms with Crippen LogP contribution in [0.15, 0.2) is 43.0 Å². The van der Waals surface area contributed by atoms with Crippen LogP contribution in [-0.2, 0) is 19.6 Å². The number of rotatable bonds is 4. The van der Waals surface area contributed by atoms with Crippen LogP contribution in [0, 0.1) is 0 Å². The summed E-state index contributed by atoms with van der Waals surface area (Å²) < 4.78 is 4.05. The smallest absolute Gasteiger partial charge is 0.140 e. The third-order valence-electron chi connectivity index (χ3n) is 3.07. The topological polar surface area (TPSA) is 61.7 Å². The second-order valence-electron chi connectivity index (χ2n) is 4.20. The van der Waals surface area contributed by atoms with E-state index in [1.807, 2.05) is 29.2 Å². The lowest BCUT2D eigenvalue weighted by molar-refractivity contribution is 0.540. The van der Waals surface area contributed by atoms with Crippen LogP contribution in [0.4, 0.5) is 0 Å². The number of aromatic nitrogens is 4. The van der Waals surface area contributed by atoms with Crippen LogP contribution in [0.5, 0.6) is 0 Å². The number of aryl methyl sites for hydroxylation is 2. The number of hydrogen-bond acceptors (Lipinski definition) is 3. The molecule has 2 N–H and O–H groups in total. The van der Waals surface area contributed by atoms with E-state index in [9.17, 15) is 0 Å². The van der Waals surface area contributed by atoms with Gasteiger partial charge in [0, 0.05) is 43.3 Å². The molecule has 5 heteroatoms. The van der Waals surface area contributed by atoms with Crippen LogP contribution < -0.4 is 5.73 Å². The third-order valence-corrected chi connectivity index (χ3v) is 3.07. The highest BCUT2D eigenvalue weighted by atomic mass is 15.3. The fourth-order valence-electron chi connectivity index (χ4n) is 2.17. The van der Waals surface area contributed by atoms with Crippen LogP contribution in [-0.4, -0.2) is 19.3 Å². The average Bonchev–Trinajstić information content (AvgIpc) is 3.04. The number of pyridine rings is 1. The van der Waals surface area contributed by atoms with Gasteiger partial charge in [0.2, 0.25) is 0 Å². The number of fused-ring (bicyclic) bond motifs is 1. The molecule has 92 valence electrons. The van der Waals surface area contributed by atoms with Crippen molar-refractivity contribution in [1.82, 2.24) is 19.3 Å². The van der Waals surface area contributed by atoms with Gasteiger partial charge in [-0.25, -0.2) is 4.98 Å². The molecule has 3 heterocycles. The molecule has 0 atom stereocenters. The molecule has 3 aromatic rings. The SMILES string of the molecule is NCc1cn(CCn2cccn2)c2ncccc12. The van der Waals surface area contributed by atoms with Gasteiger partial charge < -0.3 is 10.3 Å². The molecule has 0 spiro atoms. The standard InChI is InChI=1S/C13H15N5/c14-9-11-10-17(7-8-18-6-2-5-16-18)13-12(11)3-1-4-15-13/h1-6,10H,7-9,14H2. The van der Waals surface area contributed by atoms with Gasteiger partial charge in [0.05, 0.1) is 6.54 Å². The first-order chi connectivity index (χ1) is 8.88. The fourth-order valence-corrected chi connectivity index (χ4v) is 2.17. The Labute approximate surface area is 105 Å². The summed E-state index contributed by atoms with van der Waals surface area (Å²) in [4.78, 5) is 4.43. The monoisotopic (exact) mass is 241 g/mol. The molecule has 0 fully saturated rings. The van der Waals surface area contributed by atoms with Crippen molar-refractivity contribution in [3.63, 3.8) is 0 Å². The van der Waals surface area contributed by atoms with Gasteiger partial charge in [0.15, 0.2) is 0 Å². The molecular formula is C13H15N5. The molecule has 0 aliphatic heterocycles. The Hall–Kier alpha value is -2.14. The molecule has 0 radical (unpaired) electrons. The lowest BCUT2D eigenvalue weighted by Crippen LogP contribution is -2.07. The van der Waals surface area contributed by atoms with Crippen LogP contribution in [0.2, 0.25) is 0 Å². The van der Waals surface area contributed by atoms with Crippen LogP contribution in [0.25, 0.3) is 11.0 Å². The summed E-state index contributed by atoms with van der Waals surface area (Å²) in [6.45, 7) is 2.21. The van der Waals surface area contributed by atoms with Crippen LogP contribution >= 0.6 is 0 Å². The van der Waals surface area contributed by atoms with E-state index in [4.69, 9.17) is 5.73 Å². The predicted octanol–water partition coefficient (Wildman–Crippen LogP) is 1.39. The Kier molecular flexibility index (Phi) is 2.82. The van der Waals surface area contributed by atoms with Crippen molar-refractivity contribution < 1.29 is 0 Å². The maximum absolute atomic E-state index is 5.76. The summed E-state index contributed by atoms with van der Waals surface area (Å²) in [5, 5.41) is 5.34. The van der Waals surface area contributed by atoms with Gasteiger partial charge >= 0.3 is 0 Å². The number of nitrogens with zero attached hydrogens (tertiary/aromatic N) is 4. The van der Waals surface area contributed by atoms with Crippen molar-refractivity contribution in [3.8, 4) is 0 Å². The molecule has 5 nitrogen and oxygen atoms in total. The fraction of sp³-hybridized carbons (Fsp3) is 0.231. The molecule has 0 bridgehead atoms. The Morgan fingerprint density at radius 3 is 2.89 bits per heavy atom. The number of hydrogen-bond donors (Lipinski definition) is 1. The summed E-state index contributed by atoms with van der Waals surface area (Å²) in [5.41, 5.74) is 7.89. The predicted molar refractivity (Wildman–Crippen MR) is 69.9 cm³/mol. The molecule has 0 aliphatic rings. The molecule has 0 saturated carbocycles. The van der Waals surface area contributed by atoms with Crippen LogP contribution in [0.1, 0.15) is 5.56 Å². The first-order valence-corrected chi connectivity index (χ1v) is 5.98. The molecule has 0 aromatic carbocycles. The summed E-state index contributed by atoms with van der Waals surface area (Å²) in [6, 6.07) is 5.94. The molecule has 0 amide bonds. The highest BCUT2D eigenvalue weighted by molar-refractivity contribution is 5.80. The zero-order valence-electron chi connectivity index (χ0n) is 10.0. The summed E-state index contributed by atoms with van der Waals surface area (Å²) >= 11 is 0. The van der Waals surface area contributed by atoms with Gasteiger partial charge in [-0.15, -0.1) is 0 Å². The van der Waals surface area contributed by atoms with Crippen molar-refractivity contribution in [3.05, 3.63) is 48.5 Å². The molecule has 0 unspecified atom stereocenters. The van der Waals surface area contributed by atoms with E-state index in [2.05, 4.69) is 26.9 Å². The quantitative estimate of drug-likeness (QED) is 0.751. The van der Waals surface area contributed by atoms with Gasteiger partial charge in [-0.05, 0) is 23.8 Å². The van der Waals surface area contributed by atoms with Crippen molar-refractivity contribution >= 4 is 11.0 Å². The van der Waals surface area contributed by atoms with E-state index in [0.717, 1.165) is 29.7 Å². The minimum atomic E-state index is 0.539. The second-order valence-corrected chi connectivity index (χ2v) is 4.20. The Morgan fingerprint density at radius 2 is 2.11 bits per heavy atom. The zero-order chi connectivity index (χ0) is 12.4. The van der Waals surface area contributed by atoms with Gasteiger partial charge in [0.1, 0.15) is 5.65 Å². The van der Waals surface area contributed by atoms with Crippen molar-refractivity contribution in [2.75, 3.05) is 0 Å². The molecule has 18 heavy (non-hydrogen) atoms. The van der Waals surface area contributed by atoms with Crippen molar-refractivity contribution in [1.29, 1.82) is 0 Å². The maximum Gasteiger partial charge on any atom is 0.140 e. The second kappa shape index (κ2) is 4.62. The van der Waals surface area contributed by atoms with Crippen molar-refractivity contribution in [2.45, 2.75) is 19.6 Å². The maximum atomic E-state index is 5.76. The molecule has 0 saturated heterocycles. The lowest BCUT2D eigenvalue weighted by atomic mass is 10.2. The minimum Gasteiger partial charge on any atom is -0.330 e. The van der Waals surface area contributed by atoms with E-state index in [-0.39, 0.29) is 0 Å². The van der Waals surface area contributed by atoms with Crippen LogP contribution in [0.3, 0.4) is 0 Å². The van der Waals surface area contributed by atoms with Gasteiger partial charge in [-0.1, -0.05) is 0 Å². The first kappa shape index (κ1) is 11.0. The third kappa shape index (κ3) is 1.89. The first-order valence-electron chi connectivity index (χ1n) is 5.98. The van der Waals surface area contributed by atoms with E-state index in [1.165, 1.54) is 0 Å². The molecular weight excluding hydrogens is 226 g/mol. The van der Waals surface area contributed by atoms with Gasteiger partial charge in [-0.2, -0.15) is 5.10 Å². The largest absolute Gasteiger partial charge is 0.330 e. The van der Waals surface area contributed by atoms with Crippen molar-refractivity contribution in [2.24, 2.45) is 5.73 Å². The minimum absolute atomic E-state index is 0.539. The van der Waals surface area contributed by atoms with E-state index in [1.54, 1.807) is 6.20 Å². The number of nitrogens with two attached hydrogens (primary N) is 1. The summed E-state index contributed by atoms with van der Waals surface area (Å²) in [5.74, 6) is 0. The summed E-state index contributed by atoms with van der Waals surface area (Å²) in [7, 11) is 0. The average molecular weight is 241 g/mol. The van der Waals surface area contributed by atoms with E-state index >= 15 is 0 Å². The van der Waals surface area contributed by atoms with Gasteiger partial charge in [-0.3, -0.25) is 4.68 Å². The Bertz CT molecular complexity index is 639. The molecule has 3 rings (SSSR count). The highest BCUT2D eigenvalue weighted by Gasteiger charge is 2.07. The summed E-state index contributed by atoms with van der Waals surface area (Å²) in [6.07, 6.45) is 7.65. The lowest BCUT2D eigenvalue weighted by Gasteiger charge is -2.04. The zero-order valence-corrected chi connectivity index (χ0v) is 10.0.